The lowest BCUT2D eigenvalue weighted by molar-refractivity contribution is 0.262. The maximum atomic E-state index is 12.0. The third-order valence-electron chi connectivity index (χ3n) is 4.38. The van der Waals surface area contributed by atoms with E-state index in [9.17, 15) is 4.79 Å². The molecule has 24 heavy (non-hydrogen) atoms. The molecule has 0 spiro atoms. The summed E-state index contributed by atoms with van der Waals surface area (Å²) in [5.41, 5.74) is 2.69. The molecule has 2 amide bonds. The molecule has 2 aromatic rings. The van der Waals surface area contributed by atoms with Gasteiger partial charge in [0.05, 0.1) is 0 Å². The maximum Gasteiger partial charge on any atom is 0.323 e. The van der Waals surface area contributed by atoms with E-state index in [2.05, 4.69) is 34.6 Å². The van der Waals surface area contributed by atoms with Gasteiger partial charge in [-0.05, 0) is 67.3 Å². The van der Waals surface area contributed by atoms with Crippen LogP contribution in [0.1, 0.15) is 19.8 Å². The molecule has 0 unspecified atom stereocenters. The Balaban J connectivity index is 1.55. The van der Waals surface area contributed by atoms with Gasteiger partial charge in [-0.1, -0.05) is 18.5 Å². The van der Waals surface area contributed by atoms with Crippen LogP contribution in [-0.4, -0.2) is 19.1 Å². The number of halogens is 1. The highest BCUT2D eigenvalue weighted by molar-refractivity contribution is 6.30. The Morgan fingerprint density at radius 2 is 1.46 bits per heavy atom. The van der Waals surface area contributed by atoms with Gasteiger partial charge in [-0.25, -0.2) is 4.79 Å². The third kappa shape index (κ3) is 4.42. The van der Waals surface area contributed by atoms with Crippen molar-refractivity contribution in [2.24, 2.45) is 5.92 Å². The lowest BCUT2D eigenvalue weighted by Crippen LogP contribution is -2.32. The van der Waals surface area contributed by atoms with Crippen LogP contribution in [-0.2, 0) is 0 Å². The van der Waals surface area contributed by atoms with Gasteiger partial charge in [0.1, 0.15) is 0 Å². The molecule has 0 bridgehead atoms. The average Bonchev–Trinajstić information content (AvgIpc) is 2.58. The first-order valence-corrected chi connectivity index (χ1v) is 8.66. The van der Waals surface area contributed by atoms with Gasteiger partial charge >= 0.3 is 6.03 Å². The Morgan fingerprint density at radius 1 is 0.958 bits per heavy atom. The van der Waals surface area contributed by atoms with Crippen molar-refractivity contribution in [2.45, 2.75) is 19.8 Å². The van der Waals surface area contributed by atoms with E-state index < -0.39 is 0 Å². The zero-order valence-electron chi connectivity index (χ0n) is 13.8. The quantitative estimate of drug-likeness (QED) is 0.802. The van der Waals surface area contributed by atoms with Crippen molar-refractivity contribution in [1.29, 1.82) is 0 Å². The number of carbonyl (C=O) groups excluding carboxylic acids is 1. The summed E-state index contributed by atoms with van der Waals surface area (Å²) in [6.45, 7) is 4.51. The molecule has 1 fully saturated rings. The van der Waals surface area contributed by atoms with Crippen LogP contribution in [0.15, 0.2) is 48.5 Å². The Hall–Kier alpha value is -2.20. The van der Waals surface area contributed by atoms with E-state index in [0.29, 0.717) is 10.7 Å². The fraction of sp³-hybridized carbons (Fsp3) is 0.316. The van der Waals surface area contributed by atoms with Crippen LogP contribution in [0.3, 0.4) is 0 Å². The minimum Gasteiger partial charge on any atom is -0.372 e. The number of nitrogens with one attached hydrogen (secondary N) is 2. The van der Waals surface area contributed by atoms with Gasteiger partial charge in [0.15, 0.2) is 0 Å². The van der Waals surface area contributed by atoms with Crippen LogP contribution in [0.4, 0.5) is 21.9 Å². The number of hydrogen-bond donors (Lipinski definition) is 2. The number of urea groups is 1. The lowest BCUT2D eigenvalue weighted by atomic mass is 9.99. The van der Waals surface area contributed by atoms with Crippen molar-refractivity contribution in [3.63, 3.8) is 0 Å². The van der Waals surface area contributed by atoms with E-state index in [1.807, 2.05) is 12.1 Å². The number of rotatable bonds is 3. The first kappa shape index (κ1) is 16.7. The van der Waals surface area contributed by atoms with E-state index in [1.165, 1.54) is 18.5 Å². The normalized spacial score (nSPS) is 15.2. The molecular formula is C19H22ClN3O. The molecule has 0 atom stereocenters. The molecule has 1 aliphatic heterocycles. The molecule has 3 rings (SSSR count). The zero-order chi connectivity index (χ0) is 16.9. The lowest BCUT2D eigenvalue weighted by Gasteiger charge is -2.32. The minimum absolute atomic E-state index is 0.267. The Morgan fingerprint density at radius 3 is 2.00 bits per heavy atom. The summed E-state index contributed by atoms with van der Waals surface area (Å²) >= 11 is 5.83. The number of amides is 2. The Kier molecular flexibility index (Phi) is 5.26. The number of hydrogen-bond acceptors (Lipinski definition) is 2. The highest BCUT2D eigenvalue weighted by Crippen LogP contribution is 2.24. The fourth-order valence-electron chi connectivity index (χ4n) is 2.85. The third-order valence-corrected chi connectivity index (χ3v) is 4.63. The first-order valence-electron chi connectivity index (χ1n) is 8.29. The molecule has 126 valence electrons. The fourth-order valence-corrected chi connectivity index (χ4v) is 2.98. The van der Waals surface area contributed by atoms with Gasteiger partial charge in [0.25, 0.3) is 0 Å². The van der Waals surface area contributed by atoms with Gasteiger partial charge in [0.2, 0.25) is 0 Å². The first-order chi connectivity index (χ1) is 11.6. The summed E-state index contributed by atoms with van der Waals surface area (Å²) in [7, 11) is 0. The monoisotopic (exact) mass is 343 g/mol. The van der Waals surface area contributed by atoms with Crippen molar-refractivity contribution in [3.05, 3.63) is 53.6 Å². The molecule has 4 nitrogen and oxygen atoms in total. The van der Waals surface area contributed by atoms with Gasteiger partial charge < -0.3 is 15.5 Å². The molecule has 5 heteroatoms. The zero-order valence-corrected chi connectivity index (χ0v) is 14.5. The molecule has 1 aliphatic rings. The van der Waals surface area contributed by atoms with Crippen LogP contribution in [0, 0.1) is 5.92 Å². The van der Waals surface area contributed by atoms with Crippen LogP contribution >= 0.6 is 11.6 Å². The van der Waals surface area contributed by atoms with E-state index in [-0.39, 0.29) is 6.03 Å². The summed E-state index contributed by atoms with van der Waals surface area (Å²) in [5.74, 6) is 0.818. The number of nitrogens with zero attached hydrogens (tertiary/aromatic N) is 1. The molecule has 0 radical (unpaired) electrons. The van der Waals surface area contributed by atoms with Crippen molar-refractivity contribution in [3.8, 4) is 0 Å². The number of carbonyl (C=O) groups is 1. The van der Waals surface area contributed by atoms with Gasteiger partial charge in [-0.3, -0.25) is 0 Å². The summed E-state index contributed by atoms with van der Waals surface area (Å²) in [4.78, 5) is 14.4. The predicted octanol–water partition coefficient (Wildman–Crippen LogP) is 5.22. The summed E-state index contributed by atoms with van der Waals surface area (Å²) in [6, 6.07) is 14.8. The van der Waals surface area contributed by atoms with Crippen molar-refractivity contribution < 1.29 is 4.79 Å². The largest absolute Gasteiger partial charge is 0.372 e. The Bertz CT molecular complexity index is 677. The highest BCUT2D eigenvalue weighted by Gasteiger charge is 2.15. The smallest absolute Gasteiger partial charge is 0.323 e. The van der Waals surface area contributed by atoms with Crippen molar-refractivity contribution in [2.75, 3.05) is 28.6 Å². The number of piperidine rings is 1. The second kappa shape index (κ2) is 7.58. The van der Waals surface area contributed by atoms with Crippen LogP contribution in [0.5, 0.6) is 0 Å². The van der Waals surface area contributed by atoms with Crippen molar-refractivity contribution in [1.82, 2.24) is 0 Å². The Labute approximate surface area is 147 Å². The van der Waals surface area contributed by atoms with Gasteiger partial charge in [-0.2, -0.15) is 0 Å². The summed E-state index contributed by atoms with van der Waals surface area (Å²) in [5, 5.41) is 6.26. The molecule has 0 aromatic heterocycles. The van der Waals surface area contributed by atoms with Crippen LogP contribution in [0.2, 0.25) is 5.02 Å². The molecule has 1 saturated heterocycles. The second-order valence-corrected chi connectivity index (χ2v) is 6.74. The predicted molar refractivity (Wildman–Crippen MR) is 101 cm³/mol. The molecule has 1 heterocycles. The van der Waals surface area contributed by atoms with Crippen LogP contribution in [0.25, 0.3) is 0 Å². The van der Waals surface area contributed by atoms with Crippen molar-refractivity contribution >= 4 is 34.7 Å². The maximum absolute atomic E-state index is 12.0. The standard InChI is InChI=1S/C19H22ClN3O/c1-14-10-12-23(13-11-14)18-8-6-17(7-9-18)22-19(24)21-16-4-2-15(20)3-5-16/h2-9,14H,10-13H2,1H3,(H2,21,22,24). The molecule has 0 aliphatic carbocycles. The second-order valence-electron chi connectivity index (χ2n) is 6.30. The van der Waals surface area contributed by atoms with Crippen LogP contribution < -0.4 is 15.5 Å². The minimum atomic E-state index is -0.267. The summed E-state index contributed by atoms with van der Waals surface area (Å²) < 4.78 is 0. The van der Waals surface area contributed by atoms with Gasteiger partial charge in [-0.15, -0.1) is 0 Å². The number of anilines is 3. The molecule has 2 N–H and O–H groups in total. The van der Waals surface area contributed by atoms with E-state index >= 15 is 0 Å². The summed E-state index contributed by atoms with van der Waals surface area (Å²) in [6.07, 6.45) is 2.48. The molecule has 2 aromatic carbocycles. The molecule has 0 saturated carbocycles. The average molecular weight is 344 g/mol. The van der Waals surface area contributed by atoms with E-state index in [1.54, 1.807) is 24.3 Å². The van der Waals surface area contributed by atoms with E-state index in [0.717, 1.165) is 24.7 Å². The molecular weight excluding hydrogens is 322 g/mol. The van der Waals surface area contributed by atoms with E-state index in [4.69, 9.17) is 11.6 Å². The topological polar surface area (TPSA) is 44.4 Å². The SMILES string of the molecule is CC1CCN(c2ccc(NC(=O)Nc3ccc(Cl)cc3)cc2)CC1. The van der Waals surface area contributed by atoms with Gasteiger partial charge in [0, 0.05) is 35.2 Å². The highest BCUT2D eigenvalue weighted by atomic mass is 35.5. The number of benzene rings is 2.